The van der Waals surface area contributed by atoms with E-state index in [9.17, 15) is 10.0 Å². The maximum absolute atomic E-state index is 11.1. The lowest BCUT2D eigenvalue weighted by Gasteiger charge is -2.22. The van der Waals surface area contributed by atoms with Crippen molar-refractivity contribution in [2.45, 2.75) is 6.92 Å². The highest BCUT2D eigenvalue weighted by molar-refractivity contribution is 6.64. The van der Waals surface area contributed by atoms with Crippen molar-refractivity contribution in [2.75, 3.05) is 0 Å². The van der Waals surface area contributed by atoms with Crippen LogP contribution in [0.1, 0.15) is 18.1 Å². The first-order valence-corrected chi connectivity index (χ1v) is 13.8. The van der Waals surface area contributed by atoms with E-state index in [0.717, 1.165) is 65.7 Å². The van der Waals surface area contributed by atoms with Gasteiger partial charge in [0.05, 0.1) is 0 Å². The first-order chi connectivity index (χ1) is 20.1. The van der Waals surface area contributed by atoms with Crippen molar-refractivity contribution in [3.8, 4) is 22.3 Å². The van der Waals surface area contributed by atoms with Gasteiger partial charge in [0.15, 0.2) is 0 Å². The number of furan rings is 1. The maximum Gasteiger partial charge on any atom is 0.492 e. The fraction of sp³-hybridized carbons (Fsp3) is 0.0270. The number of para-hydroxylation sites is 1. The summed E-state index contributed by atoms with van der Waals surface area (Å²) in [6.07, 6.45) is 5.86. The lowest BCUT2D eigenvalue weighted by Crippen LogP contribution is -2.33. The molecule has 1 heterocycles. The minimum absolute atomic E-state index is 0.345. The summed E-state index contributed by atoms with van der Waals surface area (Å²) in [4.78, 5) is 0. The van der Waals surface area contributed by atoms with Crippen LogP contribution in [0.3, 0.4) is 0 Å². The highest BCUT2D eigenvalue weighted by atomic mass is 16.4. The molecule has 2 N–H and O–H groups in total. The standard InChI is InChI=1S/C37H27BO3/c1-3-14-25-24(4-2)34-30-21-12-13-22-31(30)41-37(34)36(38(39)40)35(25)33-28-19-10-8-17-26(28)32(23-15-6-5-7-16-23)27-18-9-11-20-29(27)33/h3-22,39-40H,2H2,1H3/b14-3-. The van der Waals surface area contributed by atoms with Gasteiger partial charge in [0, 0.05) is 16.2 Å². The number of rotatable bonds is 5. The Morgan fingerprint density at radius 1 is 0.634 bits per heavy atom. The molecule has 4 heteroatoms. The van der Waals surface area contributed by atoms with Gasteiger partial charge in [-0.15, -0.1) is 0 Å². The van der Waals surface area contributed by atoms with Crippen LogP contribution in [0.4, 0.5) is 0 Å². The van der Waals surface area contributed by atoms with Crippen molar-refractivity contribution >= 4 is 68.2 Å². The summed E-state index contributed by atoms with van der Waals surface area (Å²) in [6, 6.07) is 34.9. The summed E-state index contributed by atoms with van der Waals surface area (Å²) < 4.78 is 6.41. The van der Waals surface area contributed by atoms with Gasteiger partial charge in [0.1, 0.15) is 11.2 Å². The van der Waals surface area contributed by atoms with E-state index in [1.165, 1.54) is 0 Å². The lowest BCUT2D eigenvalue weighted by molar-refractivity contribution is 0.426. The summed E-state index contributed by atoms with van der Waals surface area (Å²) in [5, 5.41) is 28.1. The van der Waals surface area contributed by atoms with Crippen molar-refractivity contribution in [1.29, 1.82) is 0 Å². The zero-order chi connectivity index (χ0) is 28.1. The summed E-state index contributed by atoms with van der Waals surface area (Å²) in [6.45, 7) is 6.17. The van der Waals surface area contributed by atoms with Crippen molar-refractivity contribution in [3.05, 3.63) is 127 Å². The third-order valence-electron chi connectivity index (χ3n) is 7.98. The van der Waals surface area contributed by atoms with Crippen LogP contribution in [-0.4, -0.2) is 17.2 Å². The zero-order valence-electron chi connectivity index (χ0n) is 22.6. The fourth-order valence-electron chi connectivity index (χ4n) is 6.41. The Morgan fingerprint density at radius 2 is 1.17 bits per heavy atom. The Kier molecular flexibility index (Phi) is 6.08. The van der Waals surface area contributed by atoms with Crippen LogP contribution in [0.5, 0.6) is 0 Å². The first kappa shape index (κ1) is 25.1. The Morgan fingerprint density at radius 3 is 1.73 bits per heavy atom. The molecule has 0 aliphatic carbocycles. The highest BCUT2D eigenvalue weighted by Gasteiger charge is 2.31. The van der Waals surface area contributed by atoms with Gasteiger partial charge in [0.2, 0.25) is 0 Å². The Hall–Kier alpha value is -4.90. The fourth-order valence-corrected chi connectivity index (χ4v) is 6.41. The van der Waals surface area contributed by atoms with Crippen LogP contribution in [0.25, 0.3) is 77.9 Å². The van der Waals surface area contributed by atoms with E-state index < -0.39 is 7.12 Å². The molecule has 0 radical (unpaired) electrons. The lowest BCUT2D eigenvalue weighted by atomic mass is 9.70. The van der Waals surface area contributed by atoms with E-state index in [2.05, 4.69) is 67.2 Å². The second-order valence-electron chi connectivity index (χ2n) is 10.2. The largest absolute Gasteiger partial charge is 0.492 e. The van der Waals surface area contributed by atoms with Gasteiger partial charge < -0.3 is 14.5 Å². The molecule has 0 atom stereocenters. The molecule has 3 nitrogen and oxygen atoms in total. The topological polar surface area (TPSA) is 53.6 Å². The molecule has 0 aliphatic heterocycles. The van der Waals surface area contributed by atoms with E-state index in [-0.39, 0.29) is 0 Å². The van der Waals surface area contributed by atoms with Crippen molar-refractivity contribution in [2.24, 2.45) is 0 Å². The summed E-state index contributed by atoms with van der Waals surface area (Å²) in [5.41, 5.74) is 7.18. The van der Waals surface area contributed by atoms with E-state index >= 15 is 0 Å². The molecular formula is C37H27BO3. The highest BCUT2D eigenvalue weighted by Crippen LogP contribution is 2.46. The van der Waals surface area contributed by atoms with E-state index in [1.54, 1.807) is 0 Å². The van der Waals surface area contributed by atoms with Gasteiger partial charge in [-0.2, -0.15) is 0 Å². The minimum Gasteiger partial charge on any atom is -0.456 e. The third kappa shape index (κ3) is 3.76. The molecule has 0 amide bonds. The quantitative estimate of drug-likeness (QED) is 0.173. The van der Waals surface area contributed by atoms with Crippen LogP contribution < -0.4 is 5.46 Å². The predicted octanol–water partition coefficient (Wildman–Crippen LogP) is 8.58. The van der Waals surface area contributed by atoms with E-state index in [1.807, 2.05) is 67.6 Å². The molecule has 41 heavy (non-hydrogen) atoms. The second kappa shape index (κ2) is 9.94. The van der Waals surface area contributed by atoms with Gasteiger partial charge in [-0.05, 0) is 67.9 Å². The molecule has 196 valence electrons. The molecule has 0 saturated carbocycles. The molecule has 0 saturated heterocycles. The summed E-state index contributed by atoms with van der Waals surface area (Å²) in [7, 11) is -1.78. The Labute approximate surface area is 238 Å². The molecular weight excluding hydrogens is 503 g/mol. The third-order valence-corrected chi connectivity index (χ3v) is 7.98. The SMILES string of the molecule is C=Cc1c(/C=C\C)c(-c2c3ccccc3c(-c3ccccc3)c3ccccc23)c(B(O)O)c2oc3ccccc3c12. The average molecular weight is 530 g/mol. The van der Waals surface area contributed by atoms with Crippen molar-refractivity contribution in [1.82, 2.24) is 0 Å². The molecule has 6 aromatic carbocycles. The normalized spacial score (nSPS) is 11.8. The summed E-state index contributed by atoms with van der Waals surface area (Å²) in [5.74, 6) is 0. The van der Waals surface area contributed by atoms with Gasteiger partial charge >= 0.3 is 7.12 Å². The van der Waals surface area contributed by atoms with Gasteiger partial charge in [-0.25, -0.2) is 0 Å². The number of hydrogen-bond acceptors (Lipinski definition) is 3. The monoisotopic (exact) mass is 530 g/mol. The van der Waals surface area contributed by atoms with Crippen LogP contribution in [0.2, 0.25) is 0 Å². The van der Waals surface area contributed by atoms with Crippen molar-refractivity contribution in [3.63, 3.8) is 0 Å². The molecule has 7 rings (SSSR count). The summed E-state index contributed by atoms with van der Waals surface area (Å²) >= 11 is 0. The van der Waals surface area contributed by atoms with Crippen LogP contribution in [-0.2, 0) is 0 Å². The molecule has 0 bridgehead atoms. The number of hydrogen-bond donors (Lipinski definition) is 2. The van der Waals surface area contributed by atoms with Gasteiger partial charge in [-0.3, -0.25) is 0 Å². The first-order valence-electron chi connectivity index (χ1n) is 13.8. The van der Waals surface area contributed by atoms with Gasteiger partial charge in [-0.1, -0.05) is 122 Å². The minimum atomic E-state index is -1.78. The number of fused-ring (bicyclic) bond motifs is 5. The van der Waals surface area contributed by atoms with Gasteiger partial charge in [0.25, 0.3) is 0 Å². The van der Waals surface area contributed by atoms with E-state index in [4.69, 9.17) is 4.42 Å². The van der Waals surface area contributed by atoms with Crippen LogP contribution >= 0.6 is 0 Å². The molecule has 0 aliphatic rings. The maximum atomic E-state index is 11.1. The Balaban J connectivity index is 1.78. The zero-order valence-corrected chi connectivity index (χ0v) is 22.6. The van der Waals surface area contributed by atoms with Crippen molar-refractivity contribution < 1.29 is 14.5 Å². The smallest absolute Gasteiger partial charge is 0.456 e. The second-order valence-corrected chi connectivity index (χ2v) is 10.2. The Bertz CT molecular complexity index is 2100. The molecule has 7 aromatic rings. The van der Waals surface area contributed by atoms with E-state index in [0.29, 0.717) is 16.6 Å². The molecule has 0 spiro atoms. The number of benzene rings is 6. The predicted molar refractivity (Wildman–Crippen MR) is 174 cm³/mol. The molecule has 0 fully saturated rings. The van der Waals surface area contributed by atoms with Crippen LogP contribution in [0.15, 0.2) is 120 Å². The van der Waals surface area contributed by atoms with Crippen LogP contribution in [0, 0.1) is 0 Å². The number of allylic oxidation sites excluding steroid dienone is 1. The molecule has 1 aromatic heterocycles. The average Bonchev–Trinajstić information content (AvgIpc) is 3.39. The molecule has 0 unspecified atom stereocenters.